The van der Waals surface area contributed by atoms with Crippen LogP contribution < -0.4 is 10.2 Å². The lowest BCUT2D eigenvalue weighted by Crippen LogP contribution is -2.27. The van der Waals surface area contributed by atoms with Crippen LogP contribution in [-0.2, 0) is 6.42 Å². The molecule has 0 spiro atoms. The van der Waals surface area contributed by atoms with Gasteiger partial charge in [0.2, 0.25) is 5.95 Å². The first kappa shape index (κ1) is 18.6. The number of H-pyrrole nitrogens is 1. The second-order valence-electron chi connectivity index (χ2n) is 6.93. The Morgan fingerprint density at radius 2 is 1.93 bits per heavy atom. The van der Waals surface area contributed by atoms with Crippen molar-refractivity contribution in [3.63, 3.8) is 0 Å². The van der Waals surface area contributed by atoms with Gasteiger partial charge >= 0.3 is 0 Å². The van der Waals surface area contributed by atoms with Crippen molar-refractivity contribution in [2.45, 2.75) is 6.42 Å². The van der Waals surface area contributed by atoms with Crippen molar-refractivity contribution in [2.75, 3.05) is 25.5 Å². The molecule has 0 atom stereocenters. The Morgan fingerprint density at radius 3 is 2.72 bits per heavy atom. The zero-order valence-electron chi connectivity index (χ0n) is 16.4. The van der Waals surface area contributed by atoms with Crippen LogP contribution in [0.4, 0.5) is 5.95 Å². The molecule has 3 aromatic heterocycles. The molecule has 0 unspecified atom stereocenters. The number of carbonyl (C=O) groups excluding carboxylic acids is 1. The zero-order valence-corrected chi connectivity index (χ0v) is 16.4. The molecule has 29 heavy (non-hydrogen) atoms. The summed E-state index contributed by atoms with van der Waals surface area (Å²) >= 11 is 0. The van der Waals surface area contributed by atoms with Crippen LogP contribution >= 0.6 is 0 Å². The Hall–Kier alpha value is -3.74. The summed E-state index contributed by atoms with van der Waals surface area (Å²) in [6.45, 7) is 0.520. The number of amides is 1. The molecule has 146 valence electrons. The molecule has 0 bridgehead atoms. The maximum atomic E-state index is 12.9. The monoisotopic (exact) mass is 386 g/mol. The fraction of sp³-hybridized carbons (Fsp3) is 0.182. The number of nitrogens with zero attached hydrogens (tertiary/aromatic N) is 4. The molecule has 0 saturated heterocycles. The molecular formula is C22H22N6O. The van der Waals surface area contributed by atoms with E-state index < -0.39 is 0 Å². The number of hydrogen-bond acceptors (Lipinski definition) is 5. The van der Waals surface area contributed by atoms with Gasteiger partial charge in [-0.2, -0.15) is 0 Å². The van der Waals surface area contributed by atoms with Crippen molar-refractivity contribution in [3.05, 3.63) is 72.3 Å². The molecule has 1 aromatic carbocycles. The van der Waals surface area contributed by atoms with Crippen LogP contribution in [0, 0.1) is 0 Å². The lowest BCUT2D eigenvalue weighted by molar-refractivity contribution is 0.0954. The van der Waals surface area contributed by atoms with E-state index in [1.54, 1.807) is 18.6 Å². The molecule has 4 aromatic rings. The van der Waals surface area contributed by atoms with E-state index in [4.69, 9.17) is 0 Å². The third-order valence-corrected chi connectivity index (χ3v) is 4.73. The smallest absolute Gasteiger partial charge is 0.255 e. The molecule has 3 heterocycles. The van der Waals surface area contributed by atoms with E-state index >= 15 is 0 Å². The van der Waals surface area contributed by atoms with Gasteiger partial charge in [-0.05, 0) is 30.2 Å². The van der Waals surface area contributed by atoms with Gasteiger partial charge in [-0.1, -0.05) is 18.2 Å². The molecule has 4 rings (SSSR count). The van der Waals surface area contributed by atoms with E-state index in [0.717, 1.165) is 17.5 Å². The maximum absolute atomic E-state index is 12.9. The van der Waals surface area contributed by atoms with Gasteiger partial charge in [0.15, 0.2) is 0 Å². The number of anilines is 1. The molecule has 2 N–H and O–H groups in total. The zero-order chi connectivity index (χ0) is 20.2. The highest BCUT2D eigenvalue weighted by Gasteiger charge is 2.17. The Labute approximate surface area is 168 Å². The van der Waals surface area contributed by atoms with Crippen LogP contribution in [-0.4, -0.2) is 46.5 Å². The Bertz CT molecular complexity index is 1140. The third kappa shape index (κ3) is 3.94. The highest BCUT2D eigenvalue weighted by Crippen LogP contribution is 2.23. The first-order valence-electron chi connectivity index (χ1n) is 9.41. The van der Waals surface area contributed by atoms with Crippen LogP contribution in [0.15, 0.2) is 61.2 Å². The molecule has 0 fully saturated rings. The Balaban J connectivity index is 1.53. The Kier molecular flexibility index (Phi) is 5.20. The van der Waals surface area contributed by atoms with Crippen molar-refractivity contribution in [3.8, 4) is 11.3 Å². The molecule has 0 saturated carbocycles. The standard InChI is InChI=1S/C22H22N6O/c1-28(2)22-26-14-18(20(27-22)15-7-10-23-11-8-15)21(29)24-12-9-16-13-25-19-6-4-3-5-17(16)19/h3-8,10-11,13-14,25H,9,12H2,1-2H3,(H,24,29). The SMILES string of the molecule is CN(C)c1ncc(C(=O)NCCc2c[nH]c3ccccc23)c(-c2ccncc2)n1. The number of aromatic amines is 1. The molecule has 0 aliphatic heterocycles. The number of benzene rings is 1. The van der Waals surface area contributed by atoms with Crippen LogP contribution in [0.5, 0.6) is 0 Å². The summed E-state index contributed by atoms with van der Waals surface area (Å²) in [4.78, 5) is 30.9. The van der Waals surface area contributed by atoms with Crippen molar-refractivity contribution in [1.29, 1.82) is 0 Å². The Morgan fingerprint density at radius 1 is 1.14 bits per heavy atom. The van der Waals surface area contributed by atoms with Crippen LogP contribution in [0.25, 0.3) is 22.2 Å². The molecule has 1 amide bonds. The minimum Gasteiger partial charge on any atom is -0.361 e. The third-order valence-electron chi connectivity index (χ3n) is 4.73. The van der Waals surface area contributed by atoms with Gasteiger partial charge in [0.1, 0.15) is 0 Å². The average molecular weight is 386 g/mol. The van der Waals surface area contributed by atoms with Gasteiger partial charge in [0.25, 0.3) is 5.91 Å². The second kappa shape index (κ2) is 8.10. The number of aromatic nitrogens is 4. The highest BCUT2D eigenvalue weighted by atomic mass is 16.1. The minimum absolute atomic E-state index is 0.193. The number of rotatable bonds is 6. The molecule has 0 aliphatic carbocycles. The van der Waals surface area contributed by atoms with Crippen LogP contribution in [0.1, 0.15) is 15.9 Å². The number of carbonyl (C=O) groups is 1. The van der Waals surface area contributed by atoms with Crippen LogP contribution in [0.3, 0.4) is 0 Å². The van der Waals surface area contributed by atoms with Gasteiger partial charge in [-0.15, -0.1) is 0 Å². The fourth-order valence-electron chi connectivity index (χ4n) is 3.23. The first-order valence-corrected chi connectivity index (χ1v) is 9.41. The number of pyridine rings is 1. The molecule has 0 aliphatic rings. The summed E-state index contributed by atoms with van der Waals surface area (Å²) in [5, 5.41) is 4.18. The maximum Gasteiger partial charge on any atom is 0.255 e. The van der Waals surface area contributed by atoms with Gasteiger partial charge in [-0.3, -0.25) is 9.78 Å². The summed E-state index contributed by atoms with van der Waals surface area (Å²) in [7, 11) is 3.74. The van der Waals surface area contributed by atoms with Crippen LogP contribution in [0.2, 0.25) is 0 Å². The van der Waals surface area contributed by atoms with Gasteiger partial charge in [-0.25, -0.2) is 9.97 Å². The van der Waals surface area contributed by atoms with E-state index in [0.29, 0.717) is 23.8 Å². The van der Waals surface area contributed by atoms with Crippen molar-refractivity contribution >= 4 is 22.8 Å². The summed E-state index contributed by atoms with van der Waals surface area (Å²) in [6.07, 6.45) is 7.68. The minimum atomic E-state index is -0.193. The molecule has 7 heteroatoms. The largest absolute Gasteiger partial charge is 0.361 e. The second-order valence-corrected chi connectivity index (χ2v) is 6.93. The molecule has 0 radical (unpaired) electrons. The highest BCUT2D eigenvalue weighted by molar-refractivity contribution is 5.99. The van der Waals surface area contributed by atoms with Gasteiger partial charge < -0.3 is 15.2 Å². The van der Waals surface area contributed by atoms with Crippen molar-refractivity contribution in [2.24, 2.45) is 0 Å². The summed E-state index contributed by atoms with van der Waals surface area (Å²) < 4.78 is 0. The summed E-state index contributed by atoms with van der Waals surface area (Å²) in [5.74, 6) is 0.356. The lowest BCUT2D eigenvalue weighted by atomic mass is 10.1. The van der Waals surface area contributed by atoms with E-state index in [1.807, 2.05) is 55.5 Å². The number of nitrogens with one attached hydrogen (secondary N) is 2. The first-order chi connectivity index (χ1) is 14.1. The predicted octanol–water partition coefficient (Wildman–Crippen LogP) is 3.06. The number of para-hydroxylation sites is 1. The topological polar surface area (TPSA) is 86.8 Å². The van der Waals surface area contributed by atoms with Gasteiger partial charge in [0, 0.05) is 61.9 Å². The normalized spacial score (nSPS) is 10.8. The van der Waals surface area contributed by atoms with E-state index in [1.165, 1.54) is 10.9 Å². The predicted molar refractivity (Wildman–Crippen MR) is 114 cm³/mol. The van der Waals surface area contributed by atoms with Crippen molar-refractivity contribution in [1.82, 2.24) is 25.3 Å². The fourth-order valence-corrected chi connectivity index (χ4v) is 3.23. The lowest BCUT2D eigenvalue weighted by Gasteiger charge is -2.14. The van der Waals surface area contributed by atoms with Crippen molar-refractivity contribution < 1.29 is 4.79 Å². The number of hydrogen-bond donors (Lipinski definition) is 2. The van der Waals surface area contributed by atoms with E-state index in [2.05, 4.69) is 31.3 Å². The van der Waals surface area contributed by atoms with E-state index in [9.17, 15) is 4.79 Å². The molecular weight excluding hydrogens is 364 g/mol. The van der Waals surface area contributed by atoms with Gasteiger partial charge in [0.05, 0.1) is 11.3 Å². The van der Waals surface area contributed by atoms with E-state index in [-0.39, 0.29) is 5.91 Å². The number of fused-ring (bicyclic) bond motifs is 1. The average Bonchev–Trinajstić information content (AvgIpc) is 3.17. The molecule has 7 nitrogen and oxygen atoms in total. The summed E-state index contributed by atoms with van der Waals surface area (Å²) in [5.41, 5.74) is 4.14. The summed E-state index contributed by atoms with van der Waals surface area (Å²) in [6, 6.07) is 11.8. The quantitative estimate of drug-likeness (QED) is 0.532.